The van der Waals surface area contributed by atoms with Gasteiger partial charge in [0.05, 0.1) is 6.61 Å². The molecule has 0 amide bonds. The number of anilines is 3. The van der Waals surface area contributed by atoms with Crippen LogP contribution in [0.3, 0.4) is 0 Å². The van der Waals surface area contributed by atoms with Gasteiger partial charge in [0.1, 0.15) is 23.2 Å². The minimum Gasteiger partial charge on any atom is -0.494 e. The lowest BCUT2D eigenvalue weighted by molar-refractivity contribution is 0.340. The zero-order valence-electron chi connectivity index (χ0n) is 12.4. The molecule has 0 radical (unpaired) electrons. The minimum atomic E-state index is 0.599. The lowest BCUT2D eigenvalue weighted by Gasteiger charge is -2.10. The topological polar surface area (TPSA) is 85.1 Å². The van der Waals surface area contributed by atoms with E-state index in [-0.39, 0.29) is 0 Å². The first-order chi connectivity index (χ1) is 10.2. The van der Waals surface area contributed by atoms with Crippen LogP contribution < -0.4 is 21.3 Å². The molecule has 0 spiro atoms. The third-order valence-corrected chi connectivity index (χ3v) is 2.83. The molecular formula is C15H21N5O. The Morgan fingerprint density at radius 2 is 1.81 bits per heavy atom. The second-order valence-electron chi connectivity index (χ2n) is 4.53. The monoisotopic (exact) mass is 287 g/mol. The summed E-state index contributed by atoms with van der Waals surface area (Å²) in [5.74, 6) is 8.37. The van der Waals surface area contributed by atoms with Gasteiger partial charge in [0.25, 0.3) is 0 Å². The Labute approximate surface area is 124 Å². The first-order valence-electron chi connectivity index (χ1n) is 7.09. The van der Waals surface area contributed by atoms with E-state index >= 15 is 0 Å². The molecule has 0 aliphatic rings. The average Bonchev–Trinajstić information content (AvgIpc) is 2.49. The van der Waals surface area contributed by atoms with E-state index in [1.807, 2.05) is 31.2 Å². The first-order valence-corrected chi connectivity index (χ1v) is 7.09. The number of hydrogen-bond donors (Lipinski definition) is 3. The molecule has 0 aliphatic carbocycles. The second-order valence-corrected chi connectivity index (χ2v) is 4.53. The van der Waals surface area contributed by atoms with Gasteiger partial charge in [0.15, 0.2) is 0 Å². The molecule has 112 valence electrons. The number of aromatic nitrogens is 2. The molecule has 0 bridgehead atoms. The van der Waals surface area contributed by atoms with E-state index in [2.05, 4.69) is 27.6 Å². The van der Waals surface area contributed by atoms with Crippen molar-refractivity contribution in [2.75, 3.05) is 17.3 Å². The lowest BCUT2D eigenvalue weighted by atomic mass is 10.3. The number of nitrogen functional groups attached to an aromatic ring is 1. The van der Waals surface area contributed by atoms with E-state index in [0.29, 0.717) is 18.2 Å². The summed E-state index contributed by atoms with van der Waals surface area (Å²) in [4.78, 5) is 8.79. The highest BCUT2D eigenvalue weighted by molar-refractivity contribution is 5.59. The largest absolute Gasteiger partial charge is 0.494 e. The van der Waals surface area contributed by atoms with Crippen LogP contribution in [-0.4, -0.2) is 16.6 Å². The standard InChI is InChI=1S/C15H21N5O/c1-3-5-13-18-14(10-15(19-13)20-16)17-11-6-8-12(9-7-11)21-4-2/h6-10H,3-5,16H2,1-2H3,(H2,17,18,19,20). The Hall–Kier alpha value is -2.34. The van der Waals surface area contributed by atoms with Crippen molar-refractivity contribution in [3.8, 4) is 5.75 Å². The highest BCUT2D eigenvalue weighted by atomic mass is 16.5. The van der Waals surface area contributed by atoms with Crippen LogP contribution in [0.25, 0.3) is 0 Å². The van der Waals surface area contributed by atoms with Crippen molar-refractivity contribution in [1.82, 2.24) is 9.97 Å². The number of rotatable bonds is 7. The average molecular weight is 287 g/mol. The zero-order valence-corrected chi connectivity index (χ0v) is 12.4. The summed E-state index contributed by atoms with van der Waals surface area (Å²) < 4.78 is 5.42. The number of hydrazine groups is 1. The van der Waals surface area contributed by atoms with E-state index in [1.54, 1.807) is 6.07 Å². The van der Waals surface area contributed by atoms with E-state index < -0.39 is 0 Å². The van der Waals surface area contributed by atoms with E-state index in [9.17, 15) is 0 Å². The van der Waals surface area contributed by atoms with E-state index in [4.69, 9.17) is 10.6 Å². The van der Waals surface area contributed by atoms with Crippen molar-refractivity contribution in [1.29, 1.82) is 0 Å². The Morgan fingerprint density at radius 1 is 1.10 bits per heavy atom. The highest BCUT2D eigenvalue weighted by Crippen LogP contribution is 2.20. The number of nitrogens with zero attached hydrogens (tertiary/aromatic N) is 2. The number of nitrogens with two attached hydrogens (primary N) is 1. The summed E-state index contributed by atoms with van der Waals surface area (Å²) in [6.07, 6.45) is 1.80. The number of nitrogens with one attached hydrogen (secondary N) is 2. The van der Waals surface area contributed by atoms with Gasteiger partial charge in [-0.1, -0.05) is 6.92 Å². The normalized spacial score (nSPS) is 10.2. The predicted molar refractivity (Wildman–Crippen MR) is 84.7 cm³/mol. The maximum atomic E-state index is 5.45. The Balaban J connectivity index is 2.15. The molecule has 0 saturated carbocycles. The summed E-state index contributed by atoms with van der Waals surface area (Å²) >= 11 is 0. The molecule has 1 aromatic carbocycles. The van der Waals surface area contributed by atoms with Gasteiger partial charge in [-0.05, 0) is 37.6 Å². The number of hydrogen-bond acceptors (Lipinski definition) is 6. The summed E-state index contributed by atoms with van der Waals surface area (Å²) in [6.45, 7) is 4.71. The van der Waals surface area contributed by atoms with Gasteiger partial charge in [-0.3, -0.25) is 0 Å². The molecule has 1 heterocycles. The van der Waals surface area contributed by atoms with Crippen LogP contribution in [-0.2, 0) is 6.42 Å². The van der Waals surface area contributed by atoms with Crippen LogP contribution in [0.1, 0.15) is 26.1 Å². The van der Waals surface area contributed by atoms with Crippen LogP contribution in [0.4, 0.5) is 17.3 Å². The maximum absolute atomic E-state index is 5.45. The summed E-state index contributed by atoms with van der Waals surface area (Å²) in [6, 6.07) is 9.50. The van der Waals surface area contributed by atoms with E-state index in [0.717, 1.165) is 30.1 Å². The van der Waals surface area contributed by atoms with Crippen molar-refractivity contribution in [3.05, 3.63) is 36.2 Å². The summed E-state index contributed by atoms with van der Waals surface area (Å²) in [5.41, 5.74) is 3.50. The number of ether oxygens (including phenoxy) is 1. The fourth-order valence-corrected chi connectivity index (χ4v) is 1.92. The Morgan fingerprint density at radius 3 is 2.43 bits per heavy atom. The molecule has 2 rings (SSSR count). The molecule has 0 saturated heterocycles. The molecule has 0 atom stereocenters. The predicted octanol–water partition coefficient (Wildman–Crippen LogP) is 2.86. The molecule has 2 aromatic rings. The van der Waals surface area contributed by atoms with Gasteiger partial charge in [-0.25, -0.2) is 15.8 Å². The molecule has 0 fully saturated rings. The highest BCUT2D eigenvalue weighted by Gasteiger charge is 2.04. The first kappa shape index (κ1) is 15.1. The molecule has 21 heavy (non-hydrogen) atoms. The smallest absolute Gasteiger partial charge is 0.145 e. The Kier molecular flexibility index (Phi) is 5.34. The molecule has 4 N–H and O–H groups in total. The summed E-state index contributed by atoms with van der Waals surface area (Å²) in [7, 11) is 0. The third-order valence-electron chi connectivity index (χ3n) is 2.83. The molecule has 6 heteroatoms. The summed E-state index contributed by atoms with van der Waals surface area (Å²) in [5, 5.41) is 3.24. The SMILES string of the molecule is CCCc1nc(NN)cc(Nc2ccc(OCC)cc2)n1. The van der Waals surface area contributed by atoms with Crippen molar-refractivity contribution in [2.24, 2.45) is 5.84 Å². The molecule has 6 nitrogen and oxygen atoms in total. The van der Waals surface area contributed by atoms with Gasteiger partial charge in [0.2, 0.25) is 0 Å². The number of aryl methyl sites for hydroxylation is 1. The van der Waals surface area contributed by atoms with Crippen molar-refractivity contribution in [2.45, 2.75) is 26.7 Å². The fraction of sp³-hybridized carbons (Fsp3) is 0.333. The quantitative estimate of drug-likeness (QED) is 0.536. The van der Waals surface area contributed by atoms with Gasteiger partial charge in [-0.2, -0.15) is 0 Å². The number of benzene rings is 1. The lowest BCUT2D eigenvalue weighted by Crippen LogP contribution is -2.11. The van der Waals surface area contributed by atoms with Gasteiger partial charge in [-0.15, -0.1) is 0 Å². The molecule has 0 aliphatic heterocycles. The van der Waals surface area contributed by atoms with Crippen LogP contribution in [0.15, 0.2) is 30.3 Å². The van der Waals surface area contributed by atoms with Gasteiger partial charge < -0.3 is 15.5 Å². The van der Waals surface area contributed by atoms with Crippen molar-refractivity contribution in [3.63, 3.8) is 0 Å². The third kappa shape index (κ3) is 4.32. The molecule has 0 unspecified atom stereocenters. The van der Waals surface area contributed by atoms with Gasteiger partial charge >= 0.3 is 0 Å². The van der Waals surface area contributed by atoms with Crippen LogP contribution >= 0.6 is 0 Å². The van der Waals surface area contributed by atoms with Crippen LogP contribution in [0.5, 0.6) is 5.75 Å². The van der Waals surface area contributed by atoms with Gasteiger partial charge in [0, 0.05) is 18.2 Å². The Bertz CT molecular complexity index is 571. The van der Waals surface area contributed by atoms with E-state index in [1.165, 1.54) is 0 Å². The zero-order chi connectivity index (χ0) is 15.1. The molecule has 1 aromatic heterocycles. The van der Waals surface area contributed by atoms with Crippen molar-refractivity contribution < 1.29 is 4.74 Å². The maximum Gasteiger partial charge on any atom is 0.145 e. The fourth-order valence-electron chi connectivity index (χ4n) is 1.92. The van der Waals surface area contributed by atoms with Crippen LogP contribution in [0, 0.1) is 0 Å². The second kappa shape index (κ2) is 7.44. The minimum absolute atomic E-state index is 0.599. The molecular weight excluding hydrogens is 266 g/mol. The van der Waals surface area contributed by atoms with Crippen LogP contribution in [0.2, 0.25) is 0 Å². The van der Waals surface area contributed by atoms with Crippen molar-refractivity contribution >= 4 is 17.3 Å².